The maximum atomic E-state index is 12.1. The number of carbonyl (C=O) groups excluding carboxylic acids is 1. The number of piperazine rings is 1. The summed E-state index contributed by atoms with van der Waals surface area (Å²) in [5.74, 6) is 0.717. The molecule has 0 spiro atoms. The Morgan fingerprint density at radius 1 is 1.26 bits per heavy atom. The minimum atomic E-state index is -0.489. The smallest absolute Gasteiger partial charge is 0.410 e. The molecule has 2 rings (SSSR count). The van der Waals surface area contributed by atoms with E-state index in [2.05, 4.69) is 16.0 Å². The van der Waals surface area contributed by atoms with E-state index in [9.17, 15) is 10.1 Å². The first-order valence-corrected chi connectivity index (χ1v) is 7.82. The fourth-order valence-electron chi connectivity index (χ4n) is 2.61. The Morgan fingerprint density at radius 2 is 1.87 bits per heavy atom. The van der Waals surface area contributed by atoms with Crippen LogP contribution in [-0.2, 0) is 4.74 Å². The Labute approximate surface area is 137 Å². The molecule has 0 bridgehead atoms. The second-order valence-corrected chi connectivity index (χ2v) is 6.85. The SMILES string of the molecule is Cc1cc(C)c(C#N)c(N2CCN(C(=O)OC(C)(C)C)CC2)n1. The molecular formula is C17H24N4O2. The van der Waals surface area contributed by atoms with Crippen molar-refractivity contribution in [3.8, 4) is 6.07 Å². The number of carbonyl (C=O) groups is 1. The van der Waals surface area contributed by atoms with Crippen molar-refractivity contribution in [2.45, 2.75) is 40.2 Å². The van der Waals surface area contributed by atoms with Crippen LogP contribution in [0.15, 0.2) is 6.07 Å². The van der Waals surface area contributed by atoms with Crippen LogP contribution in [0.25, 0.3) is 0 Å². The lowest BCUT2D eigenvalue weighted by Crippen LogP contribution is -2.50. The molecule has 23 heavy (non-hydrogen) atoms. The van der Waals surface area contributed by atoms with Gasteiger partial charge < -0.3 is 14.5 Å². The van der Waals surface area contributed by atoms with Crippen molar-refractivity contribution in [3.63, 3.8) is 0 Å². The van der Waals surface area contributed by atoms with Gasteiger partial charge in [-0.1, -0.05) is 0 Å². The van der Waals surface area contributed by atoms with Crippen molar-refractivity contribution in [2.75, 3.05) is 31.1 Å². The summed E-state index contributed by atoms with van der Waals surface area (Å²) in [7, 11) is 0. The summed E-state index contributed by atoms with van der Waals surface area (Å²) in [6.45, 7) is 11.8. The number of aryl methyl sites for hydroxylation is 2. The van der Waals surface area contributed by atoms with Gasteiger partial charge in [0.15, 0.2) is 0 Å². The summed E-state index contributed by atoms with van der Waals surface area (Å²) >= 11 is 0. The normalized spacial score (nSPS) is 15.3. The van der Waals surface area contributed by atoms with E-state index in [0.29, 0.717) is 37.6 Å². The third kappa shape index (κ3) is 4.13. The number of nitrogens with zero attached hydrogens (tertiary/aromatic N) is 4. The van der Waals surface area contributed by atoms with Gasteiger partial charge in [-0.15, -0.1) is 0 Å². The van der Waals surface area contributed by atoms with E-state index in [4.69, 9.17) is 4.74 Å². The van der Waals surface area contributed by atoms with Crippen LogP contribution in [0.2, 0.25) is 0 Å². The summed E-state index contributed by atoms with van der Waals surface area (Å²) < 4.78 is 5.40. The summed E-state index contributed by atoms with van der Waals surface area (Å²) in [6, 6.07) is 4.16. The van der Waals surface area contributed by atoms with Crippen LogP contribution in [0.3, 0.4) is 0 Å². The first kappa shape index (κ1) is 17.1. The first-order valence-electron chi connectivity index (χ1n) is 7.82. The molecule has 2 heterocycles. The van der Waals surface area contributed by atoms with Gasteiger partial charge in [0.25, 0.3) is 0 Å². The van der Waals surface area contributed by atoms with Crippen LogP contribution in [0.4, 0.5) is 10.6 Å². The zero-order valence-electron chi connectivity index (χ0n) is 14.5. The van der Waals surface area contributed by atoms with Gasteiger partial charge in [-0.3, -0.25) is 0 Å². The molecule has 0 radical (unpaired) electrons. The lowest BCUT2D eigenvalue weighted by atomic mass is 10.1. The van der Waals surface area contributed by atoms with Crippen molar-refractivity contribution in [3.05, 3.63) is 22.9 Å². The summed E-state index contributed by atoms with van der Waals surface area (Å²) in [4.78, 5) is 20.4. The third-order valence-electron chi connectivity index (χ3n) is 3.67. The molecule has 0 unspecified atom stereocenters. The quantitative estimate of drug-likeness (QED) is 0.796. The van der Waals surface area contributed by atoms with Crippen molar-refractivity contribution < 1.29 is 9.53 Å². The van der Waals surface area contributed by atoms with Crippen molar-refractivity contribution >= 4 is 11.9 Å². The molecule has 0 saturated carbocycles. The lowest BCUT2D eigenvalue weighted by molar-refractivity contribution is 0.0240. The molecule has 0 aliphatic carbocycles. The molecule has 1 aromatic heterocycles. The predicted molar refractivity (Wildman–Crippen MR) is 88.4 cm³/mol. The van der Waals surface area contributed by atoms with Gasteiger partial charge in [-0.05, 0) is 46.2 Å². The number of rotatable bonds is 1. The Bertz CT molecular complexity index is 635. The zero-order chi connectivity index (χ0) is 17.2. The van der Waals surface area contributed by atoms with Gasteiger partial charge in [0.05, 0.1) is 5.56 Å². The van der Waals surface area contributed by atoms with Gasteiger partial charge >= 0.3 is 6.09 Å². The average Bonchev–Trinajstić information content (AvgIpc) is 2.45. The molecule has 6 nitrogen and oxygen atoms in total. The number of hydrogen-bond donors (Lipinski definition) is 0. The summed E-state index contributed by atoms with van der Waals surface area (Å²) in [5, 5.41) is 9.39. The largest absolute Gasteiger partial charge is 0.444 e. The molecule has 124 valence electrons. The fourth-order valence-corrected chi connectivity index (χ4v) is 2.61. The van der Waals surface area contributed by atoms with E-state index in [1.165, 1.54) is 0 Å². The molecule has 1 aliphatic heterocycles. The highest BCUT2D eigenvalue weighted by molar-refractivity contribution is 5.69. The standard InChI is InChI=1S/C17H24N4O2/c1-12-10-13(2)19-15(14(12)11-18)20-6-8-21(9-7-20)16(22)23-17(3,4)5/h10H,6-9H2,1-5H3. The van der Waals surface area contributed by atoms with E-state index in [1.807, 2.05) is 40.7 Å². The molecule has 1 amide bonds. The molecule has 0 N–H and O–H groups in total. The van der Waals surface area contributed by atoms with Crippen LogP contribution >= 0.6 is 0 Å². The number of anilines is 1. The molecule has 6 heteroatoms. The maximum Gasteiger partial charge on any atom is 0.410 e. The van der Waals surface area contributed by atoms with Gasteiger partial charge in [0.2, 0.25) is 0 Å². The Balaban J connectivity index is 2.08. The van der Waals surface area contributed by atoms with Crippen molar-refractivity contribution in [1.82, 2.24) is 9.88 Å². The second kappa shape index (κ2) is 6.45. The van der Waals surface area contributed by atoms with Crippen molar-refractivity contribution in [1.29, 1.82) is 5.26 Å². The van der Waals surface area contributed by atoms with Crippen LogP contribution < -0.4 is 4.90 Å². The van der Waals surface area contributed by atoms with E-state index in [1.54, 1.807) is 4.90 Å². The number of pyridine rings is 1. The highest BCUT2D eigenvalue weighted by Gasteiger charge is 2.27. The third-order valence-corrected chi connectivity index (χ3v) is 3.67. The van der Waals surface area contributed by atoms with Gasteiger partial charge in [0.1, 0.15) is 17.5 Å². The van der Waals surface area contributed by atoms with Gasteiger partial charge in [-0.2, -0.15) is 5.26 Å². The molecule has 1 aromatic rings. The van der Waals surface area contributed by atoms with Crippen LogP contribution in [0.1, 0.15) is 37.6 Å². The first-order chi connectivity index (χ1) is 10.7. The van der Waals surface area contributed by atoms with E-state index < -0.39 is 5.60 Å². The van der Waals surface area contributed by atoms with Crippen molar-refractivity contribution in [2.24, 2.45) is 0 Å². The number of aromatic nitrogens is 1. The summed E-state index contributed by atoms with van der Waals surface area (Å²) in [6.07, 6.45) is -0.286. The Kier molecular flexibility index (Phi) is 4.79. The van der Waals surface area contributed by atoms with Gasteiger partial charge in [-0.25, -0.2) is 9.78 Å². The number of amides is 1. The Morgan fingerprint density at radius 3 is 2.39 bits per heavy atom. The van der Waals surface area contributed by atoms with E-state index >= 15 is 0 Å². The number of ether oxygens (including phenoxy) is 1. The predicted octanol–water partition coefficient (Wildman–Crippen LogP) is 2.63. The zero-order valence-corrected chi connectivity index (χ0v) is 14.5. The molecule has 1 saturated heterocycles. The minimum Gasteiger partial charge on any atom is -0.444 e. The Hall–Kier alpha value is -2.29. The number of nitriles is 1. The molecule has 0 atom stereocenters. The van der Waals surface area contributed by atoms with Crippen LogP contribution in [0, 0.1) is 25.2 Å². The highest BCUT2D eigenvalue weighted by atomic mass is 16.6. The molecular weight excluding hydrogens is 292 g/mol. The lowest BCUT2D eigenvalue weighted by Gasteiger charge is -2.36. The monoisotopic (exact) mass is 316 g/mol. The van der Waals surface area contributed by atoms with Crippen LogP contribution in [-0.4, -0.2) is 47.8 Å². The number of hydrogen-bond acceptors (Lipinski definition) is 5. The minimum absolute atomic E-state index is 0.286. The average molecular weight is 316 g/mol. The summed E-state index contributed by atoms with van der Waals surface area (Å²) in [5.41, 5.74) is 1.95. The fraction of sp³-hybridized carbons (Fsp3) is 0.588. The van der Waals surface area contributed by atoms with Gasteiger partial charge in [0, 0.05) is 31.9 Å². The van der Waals surface area contributed by atoms with Crippen LogP contribution in [0.5, 0.6) is 0 Å². The highest BCUT2D eigenvalue weighted by Crippen LogP contribution is 2.23. The van der Waals surface area contributed by atoms with E-state index in [0.717, 1.165) is 11.3 Å². The topological polar surface area (TPSA) is 69.5 Å². The van der Waals surface area contributed by atoms with E-state index in [-0.39, 0.29) is 6.09 Å². The second-order valence-electron chi connectivity index (χ2n) is 6.85. The molecule has 1 aliphatic rings. The molecule has 0 aromatic carbocycles. The molecule has 1 fully saturated rings. The maximum absolute atomic E-state index is 12.1.